The van der Waals surface area contributed by atoms with Gasteiger partial charge in [0.1, 0.15) is 0 Å². The van der Waals surface area contributed by atoms with E-state index >= 15 is 0 Å². The maximum Gasteiger partial charge on any atom is 0.0113 e. The fourth-order valence-electron chi connectivity index (χ4n) is 2.62. The van der Waals surface area contributed by atoms with Gasteiger partial charge in [0.05, 0.1) is 0 Å². The van der Waals surface area contributed by atoms with Gasteiger partial charge in [-0.05, 0) is 55.7 Å². The minimum absolute atomic E-state index is 0.651. The molecular weight excluding hydrogens is 226 g/mol. The van der Waals surface area contributed by atoms with Crippen LogP contribution in [0.3, 0.4) is 0 Å². The van der Waals surface area contributed by atoms with Crippen LogP contribution in [0.5, 0.6) is 0 Å². The van der Waals surface area contributed by atoms with E-state index in [1.807, 2.05) is 11.8 Å². The average Bonchev–Trinajstić information content (AvgIpc) is 2.36. The highest BCUT2D eigenvalue weighted by molar-refractivity contribution is 7.98. The summed E-state index contributed by atoms with van der Waals surface area (Å²) in [5, 5.41) is 3.78. The third-order valence-electron chi connectivity index (χ3n) is 3.62. The van der Waals surface area contributed by atoms with E-state index in [0.29, 0.717) is 12.1 Å². The lowest BCUT2D eigenvalue weighted by Crippen LogP contribution is -2.40. The molecule has 1 N–H and O–H groups in total. The standard InChI is InChI=1S/C15H23NS/c1-12(9-10-17-2)16-15-8-7-13-5-3-4-6-14(13)11-15/h3-6,12,15-16H,7-11H2,1-2H3. The topological polar surface area (TPSA) is 12.0 Å². The summed E-state index contributed by atoms with van der Waals surface area (Å²) in [6.45, 7) is 2.32. The summed E-state index contributed by atoms with van der Waals surface area (Å²) in [4.78, 5) is 0. The van der Waals surface area contributed by atoms with Crippen molar-refractivity contribution in [1.29, 1.82) is 0 Å². The molecule has 1 aromatic carbocycles. The van der Waals surface area contributed by atoms with Crippen LogP contribution >= 0.6 is 11.8 Å². The number of fused-ring (bicyclic) bond motifs is 1. The normalized spacial score (nSPS) is 20.9. The molecule has 0 fully saturated rings. The summed E-state index contributed by atoms with van der Waals surface area (Å²) in [5.41, 5.74) is 3.11. The number of thioether (sulfide) groups is 1. The van der Waals surface area contributed by atoms with E-state index in [0.717, 1.165) is 0 Å². The van der Waals surface area contributed by atoms with E-state index in [2.05, 4.69) is 42.8 Å². The summed E-state index contributed by atoms with van der Waals surface area (Å²) in [7, 11) is 0. The van der Waals surface area contributed by atoms with Crippen molar-refractivity contribution in [2.24, 2.45) is 0 Å². The van der Waals surface area contributed by atoms with Crippen molar-refractivity contribution < 1.29 is 0 Å². The van der Waals surface area contributed by atoms with Gasteiger partial charge >= 0.3 is 0 Å². The van der Waals surface area contributed by atoms with E-state index < -0.39 is 0 Å². The van der Waals surface area contributed by atoms with Gasteiger partial charge in [-0.25, -0.2) is 0 Å². The third kappa shape index (κ3) is 3.75. The minimum atomic E-state index is 0.651. The molecule has 1 aliphatic rings. The predicted octanol–water partition coefficient (Wildman–Crippen LogP) is 3.28. The Morgan fingerprint density at radius 1 is 1.35 bits per heavy atom. The Balaban J connectivity index is 1.85. The summed E-state index contributed by atoms with van der Waals surface area (Å²) >= 11 is 1.94. The van der Waals surface area contributed by atoms with Crippen LogP contribution in [0, 0.1) is 0 Å². The Labute approximate surface area is 109 Å². The first-order valence-electron chi connectivity index (χ1n) is 6.61. The molecular formula is C15H23NS. The molecule has 0 bridgehead atoms. The quantitative estimate of drug-likeness (QED) is 0.859. The van der Waals surface area contributed by atoms with Gasteiger partial charge in [0.2, 0.25) is 0 Å². The van der Waals surface area contributed by atoms with Crippen LogP contribution in [0.25, 0.3) is 0 Å². The van der Waals surface area contributed by atoms with Crippen LogP contribution in [-0.2, 0) is 12.8 Å². The van der Waals surface area contributed by atoms with E-state index in [-0.39, 0.29) is 0 Å². The molecule has 0 aromatic heterocycles. The zero-order valence-electron chi connectivity index (χ0n) is 10.9. The monoisotopic (exact) mass is 249 g/mol. The number of hydrogen-bond donors (Lipinski definition) is 1. The average molecular weight is 249 g/mol. The molecule has 0 saturated carbocycles. The predicted molar refractivity (Wildman–Crippen MR) is 77.9 cm³/mol. The van der Waals surface area contributed by atoms with E-state index in [4.69, 9.17) is 0 Å². The van der Waals surface area contributed by atoms with Crippen LogP contribution in [0.2, 0.25) is 0 Å². The largest absolute Gasteiger partial charge is 0.311 e. The minimum Gasteiger partial charge on any atom is -0.311 e. The van der Waals surface area contributed by atoms with Crippen LogP contribution in [0.4, 0.5) is 0 Å². The van der Waals surface area contributed by atoms with E-state index in [1.165, 1.54) is 31.4 Å². The highest BCUT2D eigenvalue weighted by Crippen LogP contribution is 2.21. The SMILES string of the molecule is CSCCC(C)NC1CCc2ccccc2C1. The van der Waals surface area contributed by atoms with Crippen molar-refractivity contribution in [3.8, 4) is 0 Å². The summed E-state index contributed by atoms with van der Waals surface area (Å²) in [5.74, 6) is 1.26. The first-order valence-corrected chi connectivity index (χ1v) is 8.00. The molecule has 2 atom stereocenters. The number of benzene rings is 1. The molecule has 2 heteroatoms. The lowest BCUT2D eigenvalue weighted by Gasteiger charge is -2.28. The maximum absolute atomic E-state index is 3.78. The zero-order chi connectivity index (χ0) is 12.1. The highest BCUT2D eigenvalue weighted by Gasteiger charge is 2.19. The molecule has 0 aliphatic heterocycles. The Bertz CT molecular complexity index is 351. The molecule has 0 amide bonds. The van der Waals surface area contributed by atoms with Crippen LogP contribution in [-0.4, -0.2) is 24.1 Å². The number of nitrogens with one attached hydrogen (secondary N) is 1. The van der Waals surface area contributed by atoms with Crippen LogP contribution in [0.15, 0.2) is 24.3 Å². The Hall–Kier alpha value is -0.470. The van der Waals surface area contributed by atoms with Gasteiger partial charge in [-0.3, -0.25) is 0 Å². The van der Waals surface area contributed by atoms with Crippen molar-refractivity contribution in [2.75, 3.05) is 12.0 Å². The van der Waals surface area contributed by atoms with Gasteiger partial charge in [-0.2, -0.15) is 11.8 Å². The lowest BCUT2D eigenvalue weighted by molar-refractivity contribution is 0.402. The maximum atomic E-state index is 3.78. The summed E-state index contributed by atoms with van der Waals surface area (Å²) in [6, 6.07) is 10.2. The van der Waals surface area contributed by atoms with E-state index in [1.54, 1.807) is 11.1 Å². The Morgan fingerprint density at radius 3 is 2.88 bits per heavy atom. The molecule has 2 rings (SSSR count). The van der Waals surface area contributed by atoms with Gasteiger partial charge in [0.15, 0.2) is 0 Å². The molecule has 94 valence electrons. The second kappa shape index (κ2) is 6.46. The molecule has 17 heavy (non-hydrogen) atoms. The summed E-state index contributed by atoms with van der Waals surface area (Å²) < 4.78 is 0. The first kappa shape index (κ1) is 13.0. The second-order valence-corrected chi connectivity index (χ2v) is 6.04. The van der Waals surface area contributed by atoms with Crippen molar-refractivity contribution in [1.82, 2.24) is 5.32 Å². The number of aryl methyl sites for hydroxylation is 1. The Morgan fingerprint density at radius 2 is 2.12 bits per heavy atom. The molecule has 0 heterocycles. The van der Waals surface area contributed by atoms with Gasteiger partial charge in [0.25, 0.3) is 0 Å². The molecule has 1 aliphatic carbocycles. The molecule has 1 aromatic rings. The number of rotatable bonds is 5. The van der Waals surface area contributed by atoms with Gasteiger partial charge in [0, 0.05) is 12.1 Å². The third-order valence-corrected chi connectivity index (χ3v) is 4.27. The lowest BCUT2D eigenvalue weighted by atomic mass is 9.88. The second-order valence-electron chi connectivity index (χ2n) is 5.06. The van der Waals surface area contributed by atoms with Gasteiger partial charge in [-0.15, -0.1) is 0 Å². The highest BCUT2D eigenvalue weighted by atomic mass is 32.2. The van der Waals surface area contributed by atoms with Crippen molar-refractivity contribution in [3.05, 3.63) is 35.4 Å². The molecule has 0 saturated heterocycles. The first-order chi connectivity index (χ1) is 8.29. The van der Waals surface area contributed by atoms with Gasteiger partial charge < -0.3 is 5.32 Å². The van der Waals surface area contributed by atoms with Gasteiger partial charge in [-0.1, -0.05) is 24.3 Å². The molecule has 2 unspecified atom stereocenters. The van der Waals surface area contributed by atoms with E-state index in [9.17, 15) is 0 Å². The Kier molecular flexibility index (Phi) is 4.93. The molecule has 1 nitrogen and oxygen atoms in total. The van der Waals surface area contributed by atoms with Crippen molar-refractivity contribution in [2.45, 2.75) is 44.7 Å². The zero-order valence-corrected chi connectivity index (χ0v) is 11.7. The molecule has 0 spiro atoms. The number of hydrogen-bond acceptors (Lipinski definition) is 2. The smallest absolute Gasteiger partial charge is 0.0113 e. The van der Waals surface area contributed by atoms with Crippen LogP contribution in [0.1, 0.15) is 30.9 Å². The molecule has 0 radical (unpaired) electrons. The van der Waals surface area contributed by atoms with Crippen LogP contribution < -0.4 is 5.32 Å². The fraction of sp³-hybridized carbons (Fsp3) is 0.600. The fourth-order valence-corrected chi connectivity index (χ4v) is 3.21. The van der Waals surface area contributed by atoms with Crippen molar-refractivity contribution >= 4 is 11.8 Å². The van der Waals surface area contributed by atoms with Crippen molar-refractivity contribution in [3.63, 3.8) is 0 Å². The summed E-state index contributed by atoms with van der Waals surface area (Å²) in [6.07, 6.45) is 7.20.